The number of furan rings is 1. The van der Waals surface area contributed by atoms with E-state index in [1.54, 1.807) is 19.4 Å². The normalized spacial score (nSPS) is 11.1. The number of nitrogens with one attached hydrogen (secondary N) is 3. The molecule has 1 heterocycles. The Labute approximate surface area is 136 Å². The molecule has 0 atom stereocenters. The van der Waals surface area contributed by atoms with E-state index in [9.17, 15) is 4.79 Å². The largest absolute Gasteiger partial charge is 0.467 e. The number of benzene rings is 1. The highest BCUT2D eigenvalue weighted by atomic mass is 16.3. The van der Waals surface area contributed by atoms with Gasteiger partial charge in [-0.15, -0.1) is 0 Å². The van der Waals surface area contributed by atoms with Crippen LogP contribution in [-0.2, 0) is 17.9 Å². The van der Waals surface area contributed by atoms with Crippen LogP contribution < -0.4 is 16.0 Å². The second-order valence-electron chi connectivity index (χ2n) is 5.06. The first-order valence-electron chi connectivity index (χ1n) is 7.47. The molecule has 2 aromatic rings. The summed E-state index contributed by atoms with van der Waals surface area (Å²) < 4.78 is 5.16. The summed E-state index contributed by atoms with van der Waals surface area (Å²) in [6.07, 6.45) is 1.58. The lowest BCUT2D eigenvalue weighted by Crippen LogP contribution is -2.42. The van der Waals surface area contributed by atoms with Gasteiger partial charge in [0.1, 0.15) is 5.76 Å². The molecule has 1 amide bonds. The highest BCUT2D eigenvalue weighted by Gasteiger charge is 2.05. The monoisotopic (exact) mass is 314 g/mol. The average molecular weight is 314 g/mol. The van der Waals surface area contributed by atoms with Crippen molar-refractivity contribution < 1.29 is 9.21 Å². The fraction of sp³-hybridized carbons (Fsp3) is 0.294. The number of guanidine groups is 1. The van der Waals surface area contributed by atoms with Gasteiger partial charge in [0.25, 0.3) is 0 Å². The number of carbonyl (C=O) groups is 1. The molecule has 6 nitrogen and oxygen atoms in total. The molecule has 0 saturated heterocycles. The summed E-state index contributed by atoms with van der Waals surface area (Å²) in [6.45, 7) is 3.24. The van der Waals surface area contributed by atoms with Gasteiger partial charge < -0.3 is 20.4 Å². The quantitative estimate of drug-likeness (QED) is 0.558. The average Bonchev–Trinajstić information content (AvgIpc) is 3.08. The van der Waals surface area contributed by atoms with E-state index in [4.69, 9.17) is 4.42 Å². The molecule has 0 bridgehead atoms. The summed E-state index contributed by atoms with van der Waals surface area (Å²) in [5, 5.41) is 8.95. The number of hydrogen-bond donors (Lipinski definition) is 3. The minimum atomic E-state index is -0.125. The van der Waals surface area contributed by atoms with Crippen molar-refractivity contribution in [3.8, 4) is 0 Å². The minimum absolute atomic E-state index is 0.125. The van der Waals surface area contributed by atoms with Crippen LogP contribution in [0.1, 0.15) is 16.9 Å². The summed E-state index contributed by atoms with van der Waals surface area (Å²) >= 11 is 0. The number of hydrogen-bond acceptors (Lipinski definition) is 3. The number of amides is 1. The Kier molecular flexibility index (Phi) is 6.23. The molecule has 0 aliphatic carbocycles. The molecule has 0 saturated carbocycles. The number of rotatable bonds is 6. The highest BCUT2D eigenvalue weighted by Crippen LogP contribution is 2.05. The molecule has 23 heavy (non-hydrogen) atoms. The van der Waals surface area contributed by atoms with Crippen LogP contribution in [0.15, 0.2) is 52.1 Å². The van der Waals surface area contributed by atoms with Crippen LogP contribution in [0.25, 0.3) is 0 Å². The predicted octanol–water partition coefficient (Wildman–Crippen LogP) is 1.57. The van der Waals surface area contributed by atoms with Crippen LogP contribution >= 0.6 is 0 Å². The Hall–Kier alpha value is -2.76. The van der Waals surface area contributed by atoms with Gasteiger partial charge in [-0.25, -0.2) is 0 Å². The fourth-order valence-electron chi connectivity index (χ4n) is 2.03. The van der Waals surface area contributed by atoms with E-state index in [0.717, 1.165) is 5.76 Å². The third-order valence-electron chi connectivity index (χ3n) is 3.39. The van der Waals surface area contributed by atoms with Gasteiger partial charge in [-0.1, -0.05) is 24.3 Å². The minimum Gasteiger partial charge on any atom is -0.467 e. The number of aliphatic imine (C=N–C) groups is 1. The molecule has 0 fully saturated rings. The molecule has 2 rings (SSSR count). The Morgan fingerprint density at radius 3 is 2.61 bits per heavy atom. The number of carbonyl (C=O) groups excluding carboxylic acids is 1. The number of aryl methyl sites for hydroxylation is 1. The van der Waals surface area contributed by atoms with Crippen molar-refractivity contribution in [3.63, 3.8) is 0 Å². The van der Waals surface area contributed by atoms with Gasteiger partial charge in [0, 0.05) is 13.6 Å². The van der Waals surface area contributed by atoms with E-state index in [-0.39, 0.29) is 12.5 Å². The van der Waals surface area contributed by atoms with E-state index < -0.39 is 0 Å². The molecule has 1 aromatic carbocycles. The van der Waals surface area contributed by atoms with Gasteiger partial charge in [-0.05, 0) is 30.2 Å². The van der Waals surface area contributed by atoms with E-state index in [0.29, 0.717) is 19.0 Å². The van der Waals surface area contributed by atoms with Gasteiger partial charge in [-0.3, -0.25) is 9.79 Å². The first-order chi connectivity index (χ1) is 11.2. The zero-order valence-corrected chi connectivity index (χ0v) is 13.4. The molecular weight excluding hydrogens is 292 g/mol. The summed E-state index contributed by atoms with van der Waals surface area (Å²) in [4.78, 5) is 15.9. The van der Waals surface area contributed by atoms with Gasteiger partial charge in [0.2, 0.25) is 5.91 Å². The molecule has 122 valence electrons. The van der Waals surface area contributed by atoms with Crippen LogP contribution in [0, 0.1) is 6.92 Å². The van der Waals surface area contributed by atoms with Crippen LogP contribution in [0.3, 0.4) is 0 Å². The summed E-state index contributed by atoms with van der Waals surface area (Å²) in [5.41, 5.74) is 2.41. The van der Waals surface area contributed by atoms with Crippen LogP contribution in [0.5, 0.6) is 0 Å². The van der Waals surface area contributed by atoms with E-state index >= 15 is 0 Å². The second kappa shape index (κ2) is 8.63. The summed E-state index contributed by atoms with van der Waals surface area (Å²) in [6, 6.07) is 11.7. The SMILES string of the molecule is CN=C(NCC(=O)NCc1ccco1)NCc1ccccc1C. The Bertz CT molecular complexity index is 650. The maximum Gasteiger partial charge on any atom is 0.239 e. The lowest BCUT2D eigenvalue weighted by Gasteiger charge is -2.13. The lowest BCUT2D eigenvalue weighted by atomic mass is 10.1. The Balaban J connectivity index is 1.72. The van der Waals surface area contributed by atoms with Gasteiger partial charge in [-0.2, -0.15) is 0 Å². The summed E-state index contributed by atoms with van der Waals surface area (Å²) in [7, 11) is 1.67. The van der Waals surface area contributed by atoms with Crippen molar-refractivity contribution in [2.75, 3.05) is 13.6 Å². The van der Waals surface area contributed by atoms with Gasteiger partial charge in [0.05, 0.1) is 19.4 Å². The third kappa shape index (κ3) is 5.50. The molecule has 6 heteroatoms. The second-order valence-corrected chi connectivity index (χ2v) is 5.06. The predicted molar refractivity (Wildman–Crippen MR) is 89.9 cm³/mol. The smallest absolute Gasteiger partial charge is 0.239 e. The van der Waals surface area contributed by atoms with Gasteiger partial charge >= 0.3 is 0 Å². The summed E-state index contributed by atoms with van der Waals surface area (Å²) in [5.74, 6) is 1.18. The zero-order valence-electron chi connectivity index (χ0n) is 13.4. The van der Waals surface area contributed by atoms with Crippen molar-refractivity contribution in [2.24, 2.45) is 4.99 Å². The number of nitrogens with zero attached hydrogens (tertiary/aromatic N) is 1. The lowest BCUT2D eigenvalue weighted by molar-refractivity contribution is -0.120. The van der Waals surface area contributed by atoms with Crippen LogP contribution in [0.4, 0.5) is 0 Å². The molecule has 0 aliphatic rings. The van der Waals surface area contributed by atoms with Crippen molar-refractivity contribution in [1.29, 1.82) is 0 Å². The fourth-order valence-corrected chi connectivity index (χ4v) is 2.03. The molecular formula is C17H22N4O2. The van der Waals surface area contributed by atoms with E-state index in [1.807, 2.05) is 18.2 Å². The zero-order chi connectivity index (χ0) is 16.5. The standard InChI is InChI=1S/C17H22N4O2/c1-13-6-3-4-7-14(13)10-20-17(18-2)21-12-16(22)19-11-15-8-5-9-23-15/h3-9H,10-12H2,1-2H3,(H,19,22)(H2,18,20,21). The Morgan fingerprint density at radius 1 is 1.09 bits per heavy atom. The molecule has 0 aliphatic heterocycles. The third-order valence-corrected chi connectivity index (χ3v) is 3.39. The highest BCUT2D eigenvalue weighted by molar-refractivity contribution is 5.86. The van der Waals surface area contributed by atoms with E-state index in [2.05, 4.69) is 40.0 Å². The molecule has 3 N–H and O–H groups in total. The molecule has 0 radical (unpaired) electrons. The van der Waals surface area contributed by atoms with E-state index in [1.165, 1.54) is 11.1 Å². The van der Waals surface area contributed by atoms with Crippen molar-refractivity contribution >= 4 is 11.9 Å². The molecule has 0 spiro atoms. The van der Waals surface area contributed by atoms with Crippen LogP contribution in [0.2, 0.25) is 0 Å². The topological polar surface area (TPSA) is 78.7 Å². The maximum atomic E-state index is 11.8. The molecule has 1 aromatic heterocycles. The van der Waals surface area contributed by atoms with Crippen LogP contribution in [-0.4, -0.2) is 25.5 Å². The Morgan fingerprint density at radius 2 is 1.91 bits per heavy atom. The first-order valence-corrected chi connectivity index (χ1v) is 7.47. The van der Waals surface area contributed by atoms with Gasteiger partial charge in [0.15, 0.2) is 5.96 Å². The van der Waals surface area contributed by atoms with Crippen molar-refractivity contribution in [3.05, 3.63) is 59.5 Å². The maximum absolute atomic E-state index is 11.8. The van der Waals surface area contributed by atoms with Crippen molar-refractivity contribution in [2.45, 2.75) is 20.0 Å². The van der Waals surface area contributed by atoms with Crippen molar-refractivity contribution in [1.82, 2.24) is 16.0 Å². The first kappa shape index (κ1) is 16.6. The molecule has 0 unspecified atom stereocenters.